The molecule has 1 N–H and O–H groups in total. The Morgan fingerprint density at radius 2 is 2.00 bits per heavy atom. The zero-order valence-corrected chi connectivity index (χ0v) is 17.5. The first-order valence-electron chi connectivity index (χ1n) is 10.9. The van der Waals surface area contributed by atoms with Crippen LogP contribution in [-0.2, 0) is 25.4 Å². The summed E-state index contributed by atoms with van der Waals surface area (Å²) < 4.78 is 38.9. The molecule has 0 saturated carbocycles. The average molecular weight is 440 g/mol. The monoisotopic (exact) mass is 440 g/mol. The minimum Gasteiger partial charge on any atom is -0.329 e. The molecule has 1 aliphatic heterocycles. The molecule has 5 nitrogen and oxygen atoms in total. The van der Waals surface area contributed by atoms with Gasteiger partial charge in [-0.05, 0) is 61.8 Å². The molecule has 32 heavy (non-hydrogen) atoms. The molecule has 8 heteroatoms. The molecule has 2 aliphatic rings. The summed E-state index contributed by atoms with van der Waals surface area (Å²) >= 11 is 0. The van der Waals surface area contributed by atoms with Gasteiger partial charge >= 0.3 is 6.18 Å². The number of aromatic nitrogens is 3. The summed E-state index contributed by atoms with van der Waals surface area (Å²) in [6.45, 7) is 0.665. The van der Waals surface area contributed by atoms with Crippen molar-refractivity contribution in [2.75, 3.05) is 6.54 Å². The molecule has 0 bridgehead atoms. The van der Waals surface area contributed by atoms with Gasteiger partial charge in [0.05, 0.1) is 17.3 Å². The molecule has 0 radical (unpaired) electrons. The Bertz CT molecular complexity index is 1140. The molecule has 0 spiro atoms. The van der Waals surface area contributed by atoms with E-state index < -0.39 is 11.7 Å². The minimum atomic E-state index is -4.36. The molecular formula is C24H23F3N4O. The fourth-order valence-corrected chi connectivity index (χ4v) is 4.78. The number of aromatic amines is 1. The number of likely N-dealkylation sites (tertiary alicyclic amines) is 1. The SMILES string of the molecule is O=C(c1n[nH]c2c1CCC2)N1CCCC1c1ccc(Cc2cccc(C(F)(F)F)c2)cn1. The number of hydrogen-bond donors (Lipinski definition) is 1. The number of nitrogens with one attached hydrogen (secondary N) is 1. The van der Waals surface area contributed by atoms with Gasteiger partial charge in [0.25, 0.3) is 5.91 Å². The lowest BCUT2D eigenvalue weighted by molar-refractivity contribution is -0.137. The number of halogens is 3. The summed E-state index contributed by atoms with van der Waals surface area (Å²) in [6, 6.07) is 9.01. The Labute approximate surface area is 183 Å². The van der Waals surface area contributed by atoms with Crippen LogP contribution < -0.4 is 0 Å². The first-order valence-corrected chi connectivity index (χ1v) is 10.9. The lowest BCUT2D eigenvalue weighted by atomic mass is 10.0. The topological polar surface area (TPSA) is 61.9 Å². The van der Waals surface area contributed by atoms with Crippen molar-refractivity contribution in [3.05, 3.63) is 81.9 Å². The smallest absolute Gasteiger partial charge is 0.329 e. The van der Waals surface area contributed by atoms with Crippen LogP contribution in [0.3, 0.4) is 0 Å². The van der Waals surface area contributed by atoms with Crippen molar-refractivity contribution in [3.8, 4) is 0 Å². The minimum absolute atomic E-state index is 0.0539. The Hall–Kier alpha value is -3.16. The second-order valence-electron chi connectivity index (χ2n) is 8.51. The molecule has 1 aliphatic carbocycles. The summed E-state index contributed by atoms with van der Waals surface area (Å²) in [5, 5.41) is 7.28. The number of carbonyl (C=O) groups is 1. The highest BCUT2D eigenvalue weighted by atomic mass is 19.4. The summed E-state index contributed by atoms with van der Waals surface area (Å²) in [5.41, 5.74) is 4.21. The quantitative estimate of drug-likeness (QED) is 0.629. The molecule has 1 amide bonds. The van der Waals surface area contributed by atoms with E-state index in [2.05, 4.69) is 15.2 Å². The van der Waals surface area contributed by atoms with Gasteiger partial charge in [-0.1, -0.05) is 24.3 Å². The van der Waals surface area contributed by atoms with E-state index in [1.54, 1.807) is 12.3 Å². The molecular weight excluding hydrogens is 417 g/mol. The Balaban J connectivity index is 1.32. The van der Waals surface area contributed by atoms with Gasteiger partial charge in [-0.15, -0.1) is 0 Å². The lowest BCUT2D eigenvalue weighted by Crippen LogP contribution is -2.31. The van der Waals surface area contributed by atoms with E-state index in [0.717, 1.165) is 60.7 Å². The van der Waals surface area contributed by atoms with Gasteiger partial charge in [0.1, 0.15) is 0 Å². The van der Waals surface area contributed by atoms with Gasteiger partial charge in [-0.25, -0.2) is 0 Å². The first-order chi connectivity index (χ1) is 15.4. The molecule has 1 aromatic carbocycles. The van der Waals surface area contributed by atoms with E-state index in [0.29, 0.717) is 24.2 Å². The summed E-state index contributed by atoms with van der Waals surface area (Å²) in [5.74, 6) is -0.0539. The van der Waals surface area contributed by atoms with Gasteiger partial charge < -0.3 is 4.90 Å². The zero-order chi connectivity index (χ0) is 22.3. The van der Waals surface area contributed by atoms with Gasteiger partial charge in [0.15, 0.2) is 5.69 Å². The van der Waals surface area contributed by atoms with Crippen LogP contribution in [0.25, 0.3) is 0 Å². The number of fused-ring (bicyclic) bond motifs is 1. The Morgan fingerprint density at radius 1 is 1.12 bits per heavy atom. The summed E-state index contributed by atoms with van der Waals surface area (Å²) in [4.78, 5) is 19.6. The van der Waals surface area contributed by atoms with Crippen molar-refractivity contribution >= 4 is 5.91 Å². The van der Waals surface area contributed by atoms with Gasteiger partial charge in [0.2, 0.25) is 0 Å². The van der Waals surface area contributed by atoms with E-state index >= 15 is 0 Å². The number of hydrogen-bond acceptors (Lipinski definition) is 3. The molecule has 3 aromatic rings. The third kappa shape index (κ3) is 3.89. The van der Waals surface area contributed by atoms with E-state index in [4.69, 9.17) is 0 Å². The number of aryl methyl sites for hydroxylation is 1. The third-order valence-corrected chi connectivity index (χ3v) is 6.37. The van der Waals surface area contributed by atoms with Gasteiger partial charge in [0, 0.05) is 24.0 Å². The highest BCUT2D eigenvalue weighted by molar-refractivity contribution is 5.94. The largest absolute Gasteiger partial charge is 0.416 e. The van der Waals surface area contributed by atoms with Crippen LogP contribution in [0.2, 0.25) is 0 Å². The van der Waals surface area contributed by atoms with Crippen LogP contribution in [0.4, 0.5) is 13.2 Å². The zero-order valence-electron chi connectivity index (χ0n) is 17.5. The molecule has 1 unspecified atom stereocenters. The van der Waals surface area contributed by atoms with Crippen LogP contribution in [0.1, 0.15) is 69.4 Å². The molecule has 1 fully saturated rings. The molecule has 5 rings (SSSR count). The van der Waals surface area contributed by atoms with Crippen molar-refractivity contribution in [2.24, 2.45) is 0 Å². The van der Waals surface area contributed by atoms with Crippen LogP contribution >= 0.6 is 0 Å². The summed E-state index contributed by atoms with van der Waals surface area (Å²) in [6.07, 6.45) is 2.30. The Morgan fingerprint density at radius 3 is 2.78 bits per heavy atom. The van der Waals surface area contributed by atoms with Crippen molar-refractivity contribution in [1.29, 1.82) is 0 Å². The number of H-pyrrole nitrogens is 1. The number of rotatable bonds is 4. The lowest BCUT2D eigenvalue weighted by Gasteiger charge is -2.24. The maximum atomic E-state index is 13.2. The van der Waals surface area contributed by atoms with Crippen molar-refractivity contribution < 1.29 is 18.0 Å². The molecule has 3 heterocycles. The number of benzene rings is 1. The van der Waals surface area contributed by atoms with Crippen LogP contribution in [0, 0.1) is 0 Å². The first kappa shape index (κ1) is 20.7. The Kier molecular flexibility index (Phi) is 5.23. The second-order valence-corrected chi connectivity index (χ2v) is 8.51. The number of carbonyl (C=O) groups excluding carboxylic acids is 1. The highest BCUT2D eigenvalue weighted by Crippen LogP contribution is 2.34. The standard InChI is InChI=1S/C24H23F3N4O/c25-24(26,27)17-5-1-4-15(13-17)12-16-9-10-20(28-14-16)21-8-3-11-31(21)23(32)22-18-6-2-7-19(18)29-30-22/h1,4-5,9-10,13-14,21H,2-3,6-8,11-12H2,(H,29,30). The van der Waals surface area contributed by atoms with E-state index in [9.17, 15) is 18.0 Å². The van der Waals surface area contributed by atoms with Crippen molar-refractivity contribution in [3.63, 3.8) is 0 Å². The molecule has 166 valence electrons. The normalized spacial score (nSPS) is 18.2. The van der Waals surface area contributed by atoms with Crippen molar-refractivity contribution in [1.82, 2.24) is 20.1 Å². The molecule has 1 atom stereocenters. The third-order valence-electron chi connectivity index (χ3n) is 6.37. The van der Waals surface area contributed by atoms with Crippen LogP contribution in [0.5, 0.6) is 0 Å². The molecule has 1 saturated heterocycles. The fraction of sp³-hybridized carbons (Fsp3) is 0.375. The number of pyridine rings is 1. The number of amides is 1. The second kappa shape index (κ2) is 8.07. The predicted molar refractivity (Wildman–Crippen MR) is 112 cm³/mol. The summed E-state index contributed by atoms with van der Waals surface area (Å²) in [7, 11) is 0. The van der Waals surface area contributed by atoms with E-state index in [1.807, 2.05) is 17.0 Å². The molecule has 2 aromatic heterocycles. The predicted octanol–water partition coefficient (Wildman–Crippen LogP) is 4.88. The van der Waals surface area contributed by atoms with Crippen molar-refractivity contribution in [2.45, 2.75) is 50.7 Å². The number of nitrogens with zero attached hydrogens (tertiary/aromatic N) is 3. The van der Waals surface area contributed by atoms with E-state index in [-0.39, 0.29) is 11.9 Å². The van der Waals surface area contributed by atoms with Gasteiger partial charge in [-0.3, -0.25) is 14.9 Å². The van der Waals surface area contributed by atoms with Crippen LogP contribution in [-0.4, -0.2) is 32.5 Å². The maximum absolute atomic E-state index is 13.2. The average Bonchev–Trinajstić information content (AvgIpc) is 3.50. The fourth-order valence-electron chi connectivity index (χ4n) is 4.78. The highest BCUT2D eigenvalue weighted by Gasteiger charge is 2.35. The van der Waals surface area contributed by atoms with Crippen LogP contribution in [0.15, 0.2) is 42.6 Å². The van der Waals surface area contributed by atoms with E-state index in [1.165, 1.54) is 12.1 Å². The maximum Gasteiger partial charge on any atom is 0.416 e. The van der Waals surface area contributed by atoms with Gasteiger partial charge in [-0.2, -0.15) is 18.3 Å². The number of alkyl halides is 3.